The lowest BCUT2D eigenvalue weighted by Crippen LogP contribution is -2.14. The van der Waals surface area contributed by atoms with Crippen LogP contribution in [0.15, 0.2) is 53.9 Å². The quantitative estimate of drug-likeness (QED) is 0.440. The van der Waals surface area contributed by atoms with Crippen molar-refractivity contribution in [1.82, 2.24) is 24.7 Å². The Balaban J connectivity index is 1.48. The van der Waals surface area contributed by atoms with Crippen molar-refractivity contribution in [3.05, 3.63) is 65.6 Å². The summed E-state index contributed by atoms with van der Waals surface area (Å²) >= 11 is 1.56. The predicted octanol–water partition coefficient (Wildman–Crippen LogP) is 4.21. The fourth-order valence-corrected chi connectivity index (χ4v) is 3.82. The fourth-order valence-electron chi connectivity index (χ4n) is 3.28. The van der Waals surface area contributed by atoms with Crippen LogP contribution >= 0.6 is 11.8 Å². The summed E-state index contributed by atoms with van der Waals surface area (Å²) in [6.45, 7) is 3.99. The zero-order valence-corrected chi connectivity index (χ0v) is 18.6. The number of fused-ring (bicyclic) bond motifs is 1. The molecule has 4 aromatic rings. The topological polar surface area (TPSA) is 97.6 Å². The Morgan fingerprint density at radius 3 is 2.77 bits per heavy atom. The van der Waals surface area contributed by atoms with E-state index in [1.807, 2.05) is 57.5 Å². The van der Waals surface area contributed by atoms with Gasteiger partial charge in [0.1, 0.15) is 11.3 Å². The standard InChI is InChI=1S/C22H23N7OS/c1-13-8-16(10-24-22(13)31-4)21(30)27-17-7-5-6-15(9-17)14(2)26-19-12-23-18-11-25-29(3)20(18)28-19/h5-12,14H,1-4H3,(H,26,28)(H,27,30)/t14-/m0/s1. The summed E-state index contributed by atoms with van der Waals surface area (Å²) in [5.41, 5.74) is 4.72. The molecule has 1 aromatic carbocycles. The van der Waals surface area contributed by atoms with Crippen molar-refractivity contribution in [3.8, 4) is 0 Å². The van der Waals surface area contributed by atoms with Gasteiger partial charge >= 0.3 is 0 Å². The number of nitrogens with zero attached hydrogens (tertiary/aromatic N) is 5. The Morgan fingerprint density at radius 1 is 1.16 bits per heavy atom. The molecular weight excluding hydrogens is 410 g/mol. The summed E-state index contributed by atoms with van der Waals surface area (Å²) in [5.74, 6) is 0.474. The van der Waals surface area contributed by atoms with E-state index in [4.69, 9.17) is 0 Å². The maximum atomic E-state index is 12.7. The van der Waals surface area contributed by atoms with Crippen molar-refractivity contribution < 1.29 is 4.79 Å². The summed E-state index contributed by atoms with van der Waals surface area (Å²) < 4.78 is 1.69. The smallest absolute Gasteiger partial charge is 0.257 e. The van der Waals surface area contributed by atoms with E-state index in [0.29, 0.717) is 11.4 Å². The Kier molecular flexibility index (Phi) is 5.85. The second-order valence-corrected chi connectivity index (χ2v) is 8.02. The number of carbonyl (C=O) groups excluding carboxylic acids is 1. The number of hydrogen-bond donors (Lipinski definition) is 2. The Morgan fingerprint density at radius 2 is 2.00 bits per heavy atom. The first kappa shape index (κ1) is 20.8. The van der Waals surface area contributed by atoms with Crippen molar-refractivity contribution in [2.45, 2.75) is 24.9 Å². The summed E-state index contributed by atoms with van der Waals surface area (Å²) in [7, 11) is 1.84. The molecule has 31 heavy (non-hydrogen) atoms. The average Bonchev–Trinajstić information content (AvgIpc) is 3.14. The molecule has 2 N–H and O–H groups in total. The lowest BCUT2D eigenvalue weighted by Gasteiger charge is -2.16. The molecule has 4 rings (SSSR count). The molecule has 0 saturated carbocycles. The Hall–Kier alpha value is -3.46. The van der Waals surface area contributed by atoms with Gasteiger partial charge in [0.2, 0.25) is 0 Å². The van der Waals surface area contributed by atoms with Crippen molar-refractivity contribution >= 4 is 40.3 Å². The van der Waals surface area contributed by atoms with Crippen LogP contribution in [0.3, 0.4) is 0 Å². The van der Waals surface area contributed by atoms with Crippen LogP contribution in [0.4, 0.5) is 11.5 Å². The van der Waals surface area contributed by atoms with Gasteiger partial charge in [-0.15, -0.1) is 11.8 Å². The van der Waals surface area contributed by atoms with Gasteiger partial charge in [-0.25, -0.2) is 19.6 Å². The van der Waals surface area contributed by atoms with Crippen molar-refractivity contribution in [2.75, 3.05) is 16.9 Å². The maximum absolute atomic E-state index is 12.7. The first-order chi connectivity index (χ1) is 14.9. The van der Waals surface area contributed by atoms with E-state index < -0.39 is 0 Å². The molecule has 8 nitrogen and oxygen atoms in total. The molecule has 0 fully saturated rings. The molecule has 1 atom stereocenters. The second-order valence-electron chi connectivity index (χ2n) is 7.23. The number of aryl methyl sites for hydroxylation is 2. The Bertz CT molecular complexity index is 1250. The van der Waals surface area contributed by atoms with E-state index in [-0.39, 0.29) is 11.9 Å². The highest BCUT2D eigenvalue weighted by molar-refractivity contribution is 7.98. The largest absolute Gasteiger partial charge is 0.362 e. The van der Waals surface area contributed by atoms with Gasteiger partial charge in [-0.3, -0.25) is 4.79 Å². The van der Waals surface area contributed by atoms with Crippen LogP contribution < -0.4 is 10.6 Å². The van der Waals surface area contributed by atoms with Crippen molar-refractivity contribution in [1.29, 1.82) is 0 Å². The van der Waals surface area contributed by atoms with Gasteiger partial charge in [-0.1, -0.05) is 12.1 Å². The minimum absolute atomic E-state index is 0.0402. The van der Waals surface area contributed by atoms with E-state index in [1.54, 1.807) is 35.0 Å². The highest BCUT2D eigenvalue weighted by atomic mass is 32.2. The van der Waals surface area contributed by atoms with Crippen LogP contribution in [-0.2, 0) is 7.05 Å². The van der Waals surface area contributed by atoms with Crippen LogP contribution in [0.5, 0.6) is 0 Å². The number of hydrogen-bond acceptors (Lipinski definition) is 7. The molecule has 0 spiro atoms. The maximum Gasteiger partial charge on any atom is 0.257 e. The molecule has 9 heteroatoms. The average molecular weight is 434 g/mol. The predicted molar refractivity (Wildman–Crippen MR) is 123 cm³/mol. The third-order valence-corrected chi connectivity index (χ3v) is 5.75. The minimum Gasteiger partial charge on any atom is -0.362 e. The second kappa shape index (κ2) is 8.73. The number of thioether (sulfide) groups is 1. The first-order valence-corrected chi connectivity index (χ1v) is 11.0. The van der Waals surface area contributed by atoms with Crippen LogP contribution in [0.2, 0.25) is 0 Å². The lowest BCUT2D eigenvalue weighted by atomic mass is 10.1. The van der Waals surface area contributed by atoms with Crippen molar-refractivity contribution in [3.63, 3.8) is 0 Å². The number of amides is 1. The van der Waals surface area contributed by atoms with Crippen molar-refractivity contribution in [2.24, 2.45) is 7.05 Å². The van der Waals surface area contributed by atoms with Gasteiger partial charge < -0.3 is 10.6 Å². The normalized spacial score (nSPS) is 12.0. The molecular formula is C22H23N7OS. The van der Waals surface area contributed by atoms with Crippen LogP contribution in [-0.4, -0.2) is 36.9 Å². The number of benzene rings is 1. The summed E-state index contributed by atoms with van der Waals surface area (Å²) in [4.78, 5) is 26.0. The summed E-state index contributed by atoms with van der Waals surface area (Å²) in [6.07, 6.45) is 6.96. The molecule has 3 heterocycles. The number of aromatic nitrogens is 5. The molecule has 0 unspecified atom stereocenters. The van der Waals surface area contributed by atoms with E-state index in [1.165, 1.54) is 0 Å². The molecule has 1 amide bonds. The molecule has 0 bridgehead atoms. The number of nitrogens with one attached hydrogen (secondary N) is 2. The molecule has 0 saturated heterocycles. The third kappa shape index (κ3) is 4.51. The molecule has 158 valence electrons. The monoisotopic (exact) mass is 433 g/mol. The molecule has 0 radical (unpaired) electrons. The molecule has 3 aromatic heterocycles. The first-order valence-electron chi connectivity index (χ1n) is 9.78. The number of rotatable bonds is 6. The molecule has 0 aliphatic carbocycles. The van der Waals surface area contributed by atoms with Crippen LogP contribution in [0.1, 0.15) is 34.5 Å². The highest BCUT2D eigenvalue weighted by Gasteiger charge is 2.12. The Labute approximate surface area is 184 Å². The van der Waals surface area contributed by atoms with E-state index >= 15 is 0 Å². The van der Waals surface area contributed by atoms with Gasteiger partial charge in [0.15, 0.2) is 5.65 Å². The minimum atomic E-state index is -0.187. The SMILES string of the molecule is CSc1ncc(C(=O)Nc2cccc([C@H](C)Nc3cnc4cnn(C)c4n3)c2)cc1C. The van der Waals surface area contributed by atoms with Gasteiger partial charge in [0.05, 0.1) is 29.0 Å². The fraction of sp³-hybridized carbons (Fsp3) is 0.227. The van der Waals surface area contributed by atoms with Gasteiger partial charge in [0.25, 0.3) is 5.91 Å². The van der Waals surface area contributed by atoms with Gasteiger partial charge in [-0.2, -0.15) is 5.10 Å². The van der Waals surface area contributed by atoms with Gasteiger partial charge in [-0.05, 0) is 49.4 Å². The van der Waals surface area contributed by atoms with E-state index in [2.05, 4.69) is 30.7 Å². The number of anilines is 2. The van der Waals surface area contributed by atoms with Gasteiger partial charge in [0, 0.05) is 18.9 Å². The van der Waals surface area contributed by atoms with Crippen LogP contribution in [0, 0.1) is 6.92 Å². The molecule has 0 aliphatic rings. The van der Waals surface area contributed by atoms with E-state index in [9.17, 15) is 4.79 Å². The highest BCUT2D eigenvalue weighted by Crippen LogP contribution is 2.23. The third-order valence-electron chi connectivity index (χ3n) is 4.94. The zero-order valence-electron chi connectivity index (χ0n) is 17.7. The molecule has 0 aliphatic heterocycles. The summed E-state index contributed by atoms with van der Waals surface area (Å²) in [6, 6.07) is 9.55. The van der Waals surface area contributed by atoms with Crippen LogP contribution in [0.25, 0.3) is 11.2 Å². The summed E-state index contributed by atoms with van der Waals surface area (Å²) in [5, 5.41) is 11.4. The van der Waals surface area contributed by atoms with E-state index in [0.717, 1.165) is 33.0 Å². The number of pyridine rings is 1. The lowest BCUT2D eigenvalue weighted by molar-refractivity contribution is 0.102. The number of carbonyl (C=O) groups is 1. The zero-order chi connectivity index (χ0) is 22.0.